The number of rotatable bonds is 9. The second-order valence-electron chi connectivity index (χ2n) is 7.01. The summed E-state index contributed by atoms with van der Waals surface area (Å²) in [6.45, 7) is 8.18. The normalized spacial score (nSPS) is 13.2. The molecule has 0 bridgehead atoms. The molecule has 3 aromatic rings. The number of hydrogen-bond donors (Lipinski definition) is 1. The minimum absolute atomic E-state index is 0.389. The minimum Gasteiger partial charge on any atom is -0.488 e. The fraction of sp³-hybridized carbons (Fsp3) is 0.261. The minimum atomic E-state index is 0.389. The van der Waals surface area contributed by atoms with Gasteiger partial charge in [0, 0.05) is 10.4 Å². The number of halogens is 1. The smallest absolute Gasteiger partial charge is 0.158 e. The highest BCUT2D eigenvalue weighted by molar-refractivity contribution is 9.10. The predicted octanol–water partition coefficient (Wildman–Crippen LogP) is 5.91. The molecule has 1 aromatic carbocycles. The van der Waals surface area contributed by atoms with Gasteiger partial charge in [0.15, 0.2) is 5.82 Å². The van der Waals surface area contributed by atoms with Crippen LogP contribution in [0.3, 0.4) is 0 Å². The van der Waals surface area contributed by atoms with Crippen LogP contribution in [0.25, 0.3) is 10.2 Å². The van der Waals surface area contributed by atoms with Crippen LogP contribution >= 0.6 is 27.3 Å². The van der Waals surface area contributed by atoms with Crippen molar-refractivity contribution in [2.75, 3.05) is 18.6 Å². The molecule has 0 amide bonds. The van der Waals surface area contributed by atoms with E-state index in [1.54, 1.807) is 36.0 Å². The maximum atomic E-state index is 5.75. The molecule has 1 aliphatic carbocycles. The Balaban J connectivity index is 1.60. The van der Waals surface area contributed by atoms with Crippen molar-refractivity contribution >= 4 is 49.5 Å². The van der Waals surface area contributed by atoms with E-state index in [0.29, 0.717) is 24.7 Å². The van der Waals surface area contributed by atoms with Gasteiger partial charge in [0.1, 0.15) is 40.3 Å². The lowest BCUT2D eigenvalue weighted by Crippen LogP contribution is -2.02. The molecular formula is C23H23BrN4O2S. The van der Waals surface area contributed by atoms with E-state index >= 15 is 0 Å². The van der Waals surface area contributed by atoms with Gasteiger partial charge in [-0.3, -0.25) is 5.43 Å². The number of nitrogens with one attached hydrogen (secondary N) is 1. The first-order chi connectivity index (χ1) is 15.2. The Bertz CT molecular complexity index is 1110. The Morgan fingerprint density at radius 2 is 1.81 bits per heavy atom. The molecular weight excluding hydrogens is 476 g/mol. The number of hydrazone groups is 1. The van der Waals surface area contributed by atoms with Crippen molar-refractivity contribution < 1.29 is 9.47 Å². The van der Waals surface area contributed by atoms with Crippen molar-refractivity contribution in [3.63, 3.8) is 0 Å². The van der Waals surface area contributed by atoms with E-state index < -0.39 is 0 Å². The summed E-state index contributed by atoms with van der Waals surface area (Å²) in [5.41, 5.74) is 5.31. The predicted molar refractivity (Wildman–Crippen MR) is 131 cm³/mol. The highest BCUT2D eigenvalue weighted by Gasteiger charge is 2.19. The van der Waals surface area contributed by atoms with Gasteiger partial charge in [-0.25, -0.2) is 9.97 Å². The summed E-state index contributed by atoms with van der Waals surface area (Å²) < 4.78 is 12.2. The summed E-state index contributed by atoms with van der Waals surface area (Å²) in [7, 11) is 0. The highest BCUT2D eigenvalue weighted by atomic mass is 79.9. The first-order valence-corrected chi connectivity index (χ1v) is 11.7. The van der Waals surface area contributed by atoms with Crippen molar-refractivity contribution in [3.05, 3.63) is 64.2 Å². The van der Waals surface area contributed by atoms with E-state index in [1.807, 2.05) is 12.1 Å². The number of aromatic nitrogens is 2. The average molecular weight is 499 g/mol. The van der Waals surface area contributed by atoms with Gasteiger partial charge in [0.2, 0.25) is 0 Å². The molecule has 0 atom stereocenters. The van der Waals surface area contributed by atoms with Crippen molar-refractivity contribution in [1.29, 1.82) is 0 Å². The van der Waals surface area contributed by atoms with Crippen molar-refractivity contribution in [2.24, 2.45) is 5.10 Å². The van der Waals surface area contributed by atoms with Crippen LogP contribution in [0.5, 0.6) is 11.5 Å². The zero-order chi connectivity index (χ0) is 21.6. The third-order valence-corrected chi connectivity index (χ3v) is 6.86. The molecule has 1 N–H and O–H groups in total. The summed E-state index contributed by atoms with van der Waals surface area (Å²) in [6, 6.07) is 3.78. The molecule has 160 valence electrons. The van der Waals surface area contributed by atoms with Crippen LogP contribution in [0.1, 0.15) is 28.8 Å². The Hall–Kier alpha value is -2.71. The summed E-state index contributed by atoms with van der Waals surface area (Å²) in [5, 5.41) is 5.53. The molecule has 0 aliphatic heterocycles. The second-order valence-corrected chi connectivity index (χ2v) is 8.89. The van der Waals surface area contributed by atoms with E-state index in [9.17, 15) is 0 Å². The van der Waals surface area contributed by atoms with E-state index in [4.69, 9.17) is 9.47 Å². The molecule has 1 aliphatic rings. The number of thiophene rings is 1. The highest BCUT2D eigenvalue weighted by Crippen LogP contribution is 2.38. The van der Waals surface area contributed by atoms with E-state index in [2.05, 4.69) is 49.6 Å². The lowest BCUT2D eigenvalue weighted by Gasteiger charge is -2.12. The number of nitrogens with zero attached hydrogens (tertiary/aromatic N) is 3. The van der Waals surface area contributed by atoms with Crippen LogP contribution in [0.2, 0.25) is 0 Å². The van der Waals surface area contributed by atoms with Gasteiger partial charge in [-0.2, -0.15) is 5.10 Å². The van der Waals surface area contributed by atoms with E-state index in [-0.39, 0.29) is 0 Å². The number of ether oxygens (including phenoxy) is 2. The van der Waals surface area contributed by atoms with Gasteiger partial charge in [0.05, 0.1) is 11.6 Å². The third-order valence-electron chi connectivity index (χ3n) is 4.88. The molecule has 2 heterocycles. The molecule has 8 heteroatoms. The Morgan fingerprint density at radius 3 is 2.52 bits per heavy atom. The Labute approximate surface area is 193 Å². The van der Waals surface area contributed by atoms with Crippen molar-refractivity contribution in [3.8, 4) is 11.5 Å². The molecule has 0 radical (unpaired) electrons. The molecule has 0 unspecified atom stereocenters. The summed E-state index contributed by atoms with van der Waals surface area (Å²) in [4.78, 5) is 11.3. The maximum absolute atomic E-state index is 5.75. The summed E-state index contributed by atoms with van der Waals surface area (Å²) in [6.07, 6.45) is 11.3. The number of aryl methyl sites for hydroxylation is 2. The molecule has 2 aromatic heterocycles. The number of fused-ring (bicyclic) bond motifs is 3. The van der Waals surface area contributed by atoms with Crippen LogP contribution in [0, 0.1) is 0 Å². The first-order valence-electron chi connectivity index (χ1n) is 10.1. The fourth-order valence-electron chi connectivity index (χ4n) is 3.52. The summed E-state index contributed by atoms with van der Waals surface area (Å²) >= 11 is 5.31. The van der Waals surface area contributed by atoms with Crippen LogP contribution in [0.4, 0.5) is 5.82 Å². The summed E-state index contributed by atoms with van der Waals surface area (Å²) in [5.74, 6) is 2.04. The molecule has 6 nitrogen and oxygen atoms in total. The van der Waals surface area contributed by atoms with Crippen LogP contribution in [-0.2, 0) is 12.8 Å². The van der Waals surface area contributed by atoms with Gasteiger partial charge in [-0.1, -0.05) is 25.3 Å². The van der Waals surface area contributed by atoms with Crippen LogP contribution in [0.15, 0.2) is 53.3 Å². The van der Waals surface area contributed by atoms with Crippen LogP contribution < -0.4 is 14.9 Å². The standard InChI is InChI=1S/C23H23BrN4O2S/c1-3-9-29-17-11-15(12-18(21(17)24)30-10-4-2)13-27-28-22-20-16-7-5-6-8-19(16)31-23(20)26-14-25-22/h3-4,11-14H,1-2,5-10H2,(H,25,26,28)/b27-13+. The van der Waals surface area contributed by atoms with Gasteiger partial charge < -0.3 is 9.47 Å². The largest absolute Gasteiger partial charge is 0.488 e. The van der Waals surface area contributed by atoms with Crippen molar-refractivity contribution in [1.82, 2.24) is 9.97 Å². The number of hydrogen-bond acceptors (Lipinski definition) is 7. The SMILES string of the molecule is C=CCOc1cc(/C=N/Nc2ncnc3sc4c(c23)CCCC4)cc(OCC=C)c1Br. The van der Waals surface area contributed by atoms with Crippen molar-refractivity contribution in [2.45, 2.75) is 25.7 Å². The topological polar surface area (TPSA) is 68.6 Å². The first kappa shape index (κ1) is 21.5. The van der Waals surface area contributed by atoms with Crippen LogP contribution in [-0.4, -0.2) is 29.4 Å². The maximum Gasteiger partial charge on any atom is 0.158 e. The van der Waals surface area contributed by atoms with Gasteiger partial charge in [-0.15, -0.1) is 11.3 Å². The number of benzene rings is 1. The molecule has 31 heavy (non-hydrogen) atoms. The second kappa shape index (κ2) is 10.1. The van der Waals surface area contributed by atoms with Gasteiger partial charge in [0.25, 0.3) is 0 Å². The molecule has 0 fully saturated rings. The molecule has 4 rings (SSSR count). The monoisotopic (exact) mass is 498 g/mol. The Morgan fingerprint density at radius 1 is 1.10 bits per heavy atom. The third kappa shape index (κ3) is 4.80. The zero-order valence-corrected chi connectivity index (χ0v) is 19.5. The van der Waals surface area contributed by atoms with E-state index in [1.165, 1.54) is 23.3 Å². The Kier molecular flexibility index (Phi) is 6.99. The molecule has 0 spiro atoms. The van der Waals surface area contributed by atoms with Gasteiger partial charge >= 0.3 is 0 Å². The quantitative estimate of drug-likeness (QED) is 0.225. The lowest BCUT2D eigenvalue weighted by molar-refractivity contribution is 0.340. The number of anilines is 1. The lowest BCUT2D eigenvalue weighted by atomic mass is 9.97. The molecule has 0 saturated carbocycles. The van der Waals surface area contributed by atoms with Gasteiger partial charge in [-0.05, 0) is 59.3 Å². The van der Waals surface area contributed by atoms with E-state index in [0.717, 1.165) is 38.9 Å². The fourth-order valence-corrected chi connectivity index (χ4v) is 5.20. The zero-order valence-electron chi connectivity index (χ0n) is 17.1. The average Bonchev–Trinajstić information content (AvgIpc) is 3.17. The molecule has 0 saturated heterocycles.